The molecule has 0 unspecified atom stereocenters. The minimum absolute atomic E-state index is 0.321. The van der Waals surface area contributed by atoms with Gasteiger partial charge in [0.25, 0.3) is 0 Å². The number of hydrogen-bond acceptors (Lipinski definition) is 3. The first-order chi connectivity index (χ1) is 4.95. The molecule has 0 spiro atoms. The van der Waals surface area contributed by atoms with Crippen LogP contribution < -0.4 is 0 Å². The Morgan fingerprint density at radius 2 is 1.82 bits per heavy atom. The van der Waals surface area contributed by atoms with Crippen LogP contribution in [0.1, 0.15) is 20.3 Å². The predicted octanol–water partition coefficient (Wildman–Crippen LogP) is 1.02. The van der Waals surface area contributed by atoms with Crippen molar-refractivity contribution in [1.82, 2.24) is 3.94 Å². The number of halogens is 2. The van der Waals surface area contributed by atoms with Crippen molar-refractivity contribution in [3.05, 3.63) is 0 Å². The van der Waals surface area contributed by atoms with Gasteiger partial charge in [0.15, 0.2) is 0 Å². The quantitative estimate of drug-likeness (QED) is 0.525. The highest BCUT2D eigenvalue weighted by molar-refractivity contribution is 6.47. The second-order valence-electron chi connectivity index (χ2n) is 2.87. The van der Waals surface area contributed by atoms with Crippen molar-refractivity contribution in [2.75, 3.05) is 0 Å². The van der Waals surface area contributed by atoms with Crippen LogP contribution in [0.5, 0.6) is 0 Å². The molecule has 0 aliphatic carbocycles. The van der Waals surface area contributed by atoms with E-state index >= 15 is 0 Å². The van der Waals surface area contributed by atoms with Gasteiger partial charge in [-0.1, -0.05) is 13.8 Å². The average Bonchev–Trinajstić information content (AvgIpc) is 1.81. The van der Waals surface area contributed by atoms with Gasteiger partial charge in [-0.3, -0.25) is 0 Å². The van der Waals surface area contributed by atoms with Crippen LogP contribution in [0.25, 0.3) is 0 Å². The smallest absolute Gasteiger partial charge is 0.426 e. The molecule has 0 saturated heterocycles. The van der Waals surface area contributed by atoms with E-state index in [9.17, 15) is 0 Å². The Hall–Kier alpha value is 0.525. The minimum atomic E-state index is -1.49. The van der Waals surface area contributed by atoms with E-state index in [1.165, 1.54) is 0 Å². The van der Waals surface area contributed by atoms with E-state index in [-0.39, 0.29) is 0 Å². The molecule has 66 valence electrons. The molecule has 0 aromatic rings. The molecule has 0 radical (unpaired) electrons. The van der Waals surface area contributed by atoms with Crippen molar-refractivity contribution in [3.63, 3.8) is 0 Å². The zero-order valence-electron chi connectivity index (χ0n) is 6.54. The van der Waals surface area contributed by atoms with Gasteiger partial charge in [0, 0.05) is 0 Å². The summed E-state index contributed by atoms with van der Waals surface area (Å²) in [7, 11) is -1.49. The highest BCUT2D eigenvalue weighted by Gasteiger charge is 2.28. The molecule has 0 aliphatic rings. The summed E-state index contributed by atoms with van der Waals surface area (Å²) < 4.78 is 0.782. The molecule has 0 aromatic carbocycles. The number of hydrogen-bond donors (Lipinski definition) is 2. The molecule has 6 heteroatoms. The molecule has 2 N–H and O–H groups in total. The van der Waals surface area contributed by atoms with Crippen molar-refractivity contribution >= 4 is 30.7 Å². The Morgan fingerprint density at radius 1 is 1.36 bits per heavy atom. The van der Waals surface area contributed by atoms with E-state index in [4.69, 9.17) is 33.6 Å². The Kier molecular flexibility index (Phi) is 5.47. The summed E-state index contributed by atoms with van der Waals surface area (Å²) >= 11 is 10.7. The van der Waals surface area contributed by atoms with E-state index < -0.39 is 13.1 Å². The molecule has 11 heavy (non-hydrogen) atoms. The fraction of sp³-hybridized carbons (Fsp3) is 1.00. The molecule has 0 fully saturated rings. The molecular weight excluding hydrogens is 188 g/mol. The first-order valence-corrected chi connectivity index (χ1v) is 4.09. The third kappa shape index (κ3) is 4.88. The summed E-state index contributed by atoms with van der Waals surface area (Å²) in [5, 5.41) is 17.6. The molecule has 0 bridgehead atoms. The summed E-state index contributed by atoms with van der Waals surface area (Å²) in [4.78, 5) is 0. The lowest BCUT2D eigenvalue weighted by Gasteiger charge is -2.19. The van der Waals surface area contributed by atoms with Crippen molar-refractivity contribution in [3.8, 4) is 0 Å². The summed E-state index contributed by atoms with van der Waals surface area (Å²) in [5.74, 6) is -0.292. The van der Waals surface area contributed by atoms with Gasteiger partial charge in [-0.05, 0) is 35.9 Å². The zero-order chi connectivity index (χ0) is 9.02. The Bertz CT molecular complexity index is 105. The highest BCUT2D eigenvalue weighted by Crippen LogP contribution is 2.16. The number of rotatable bonds is 4. The van der Waals surface area contributed by atoms with Crippen molar-refractivity contribution in [1.29, 1.82) is 0 Å². The van der Waals surface area contributed by atoms with Crippen LogP contribution in [-0.2, 0) is 0 Å². The fourth-order valence-corrected chi connectivity index (χ4v) is 1.15. The van der Waals surface area contributed by atoms with Crippen molar-refractivity contribution in [2.45, 2.75) is 26.2 Å². The average molecular weight is 200 g/mol. The molecule has 3 nitrogen and oxygen atoms in total. The predicted molar refractivity (Wildman–Crippen MR) is 47.0 cm³/mol. The van der Waals surface area contributed by atoms with Crippen LogP contribution in [-0.4, -0.2) is 27.0 Å². The van der Waals surface area contributed by atoms with Crippen molar-refractivity contribution < 1.29 is 10.0 Å². The Balaban J connectivity index is 3.90. The van der Waals surface area contributed by atoms with Crippen LogP contribution in [0, 0.1) is 5.92 Å². The normalized spacial score (nSPS) is 14.2. The number of nitrogens with zero attached hydrogens (tertiary/aromatic N) is 1. The second kappa shape index (κ2) is 5.22. The molecule has 0 heterocycles. The molecule has 1 atom stereocenters. The van der Waals surface area contributed by atoms with Gasteiger partial charge in [-0.2, -0.15) is 0 Å². The van der Waals surface area contributed by atoms with Gasteiger partial charge >= 0.3 is 7.12 Å². The Morgan fingerprint density at radius 3 is 1.91 bits per heavy atom. The lowest BCUT2D eigenvalue weighted by Crippen LogP contribution is -2.39. The largest absolute Gasteiger partial charge is 0.472 e. The second-order valence-corrected chi connectivity index (χ2v) is 3.77. The van der Waals surface area contributed by atoms with Gasteiger partial charge in [0.1, 0.15) is 0 Å². The third-order valence-electron chi connectivity index (χ3n) is 1.31. The first-order valence-electron chi connectivity index (χ1n) is 3.42. The topological polar surface area (TPSA) is 43.7 Å². The lowest BCUT2D eigenvalue weighted by atomic mass is 9.76. The standard InChI is InChI=1S/C5H12BCl2NO2/c1-4(2)3-5(6(10)11)9(7)8/h4-5,10-11H,3H2,1-2H3/t5-/m0/s1. The summed E-state index contributed by atoms with van der Waals surface area (Å²) in [6, 6.07) is 0. The van der Waals surface area contributed by atoms with Crippen LogP contribution in [0.2, 0.25) is 0 Å². The summed E-state index contributed by atoms with van der Waals surface area (Å²) in [5.41, 5.74) is 0. The van der Waals surface area contributed by atoms with E-state index in [0.717, 1.165) is 3.94 Å². The Labute approximate surface area is 77.3 Å². The van der Waals surface area contributed by atoms with Gasteiger partial charge in [-0.25, -0.2) is 0 Å². The summed E-state index contributed by atoms with van der Waals surface area (Å²) in [6.45, 7) is 3.90. The minimum Gasteiger partial charge on any atom is -0.426 e. The maximum atomic E-state index is 8.78. The molecule has 0 rings (SSSR count). The van der Waals surface area contributed by atoms with Crippen molar-refractivity contribution in [2.24, 2.45) is 5.92 Å². The zero-order valence-corrected chi connectivity index (χ0v) is 8.05. The van der Waals surface area contributed by atoms with Crippen LogP contribution in [0.15, 0.2) is 0 Å². The van der Waals surface area contributed by atoms with Crippen LogP contribution in [0.4, 0.5) is 0 Å². The van der Waals surface area contributed by atoms with Gasteiger partial charge in [0.05, 0.1) is 5.94 Å². The van der Waals surface area contributed by atoms with E-state index in [0.29, 0.717) is 12.3 Å². The molecule has 0 aromatic heterocycles. The van der Waals surface area contributed by atoms with Gasteiger partial charge in [0.2, 0.25) is 0 Å². The van der Waals surface area contributed by atoms with E-state index in [2.05, 4.69) is 0 Å². The molecular formula is C5H12BCl2NO2. The third-order valence-corrected chi connectivity index (χ3v) is 1.81. The maximum absolute atomic E-state index is 8.78. The monoisotopic (exact) mass is 199 g/mol. The highest BCUT2D eigenvalue weighted by atomic mass is 35.5. The van der Waals surface area contributed by atoms with E-state index in [1.54, 1.807) is 0 Å². The fourth-order valence-electron chi connectivity index (χ4n) is 0.785. The van der Waals surface area contributed by atoms with Gasteiger partial charge < -0.3 is 10.0 Å². The maximum Gasteiger partial charge on any atom is 0.472 e. The van der Waals surface area contributed by atoms with Gasteiger partial charge in [-0.15, -0.1) is 3.94 Å². The molecule has 0 saturated carbocycles. The SMILES string of the molecule is CC(C)C[C@@H](B(O)O)N(Cl)Cl. The van der Waals surface area contributed by atoms with E-state index in [1.807, 2.05) is 13.8 Å². The molecule has 0 amide bonds. The lowest BCUT2D eigenvalue weighted by molar-refractivity contribution is 0.337. The first kappa shape index (κ1) is 11.5. The van der Waals surface area contributed by atoms with Crippen LogP contribution in [0.3, 0.4) is 0 Å². The molecule has 0 aliphatic heterocycles. The van der Waals surface area contributed by atoms with Crippen LogP contribution >= 0.6 is 23.6 Å². The summed E-state index contributed by atoms with van der Waals surface area (Å²) in [6.07, 6.45) is 0.546.